The second kappa shape index (κ2) is 6.39. The third-order valence-corrected chi connectivity index (χ3v) is 2.92. The molecule has 0 aliphatic carbocycles. The van der Waals surface area contributed by atoms with Crippen molar-refractivity contribution in [1.29, 1.82) is 5.26 Å². The van der Waals surface area contributed by atoms with Crippen LogP contribution in [0.4, 0.5) is 5.69 Å². The number of esters is 1. The maximum absolute atomic E-state index is 11.8. The minimum absolute atomic E-state index is 0.0926. The van der Waals surface area contributed by atoms with Gasteiger partial charge in [0.1, 0.15) is 6.61 Å². The fourth-order valence-electron chi connectivity index (χ4n) is 1.82. The number of nitrogens with two attached hydrogens (primary N) is 1. The third-order valence-electron chi connectivity index (χ3n) is 2.92. The Morgan fingerprint density at radius 2 is 1.75 bits per heavy atom. The average Bonchev–Trinajstić information content (AvgIpc) is 2.48. The van der Waals surface area contributed by atoms with Crippen molar-refractivity contribution in [2.24, 2.45) is 0 Å². The zero-order chi connectivity index (χ0) is 14.4. The summed E-state index contributed by atoms with van der Waals surface area (Å²) in [6, 6.07) is 16.3. The molecule has 0 atom stereocenters. The smallest absolute Gasteiger partial charge is 0.310 e. The summed E-state index contributed by atoms with van der Waals surface area (Å²) in [4.78, 5) is 11.8. The molecule has 0 spiro atoms. The molecule has 2 N–H and O–H groups in total. The zero-order valence-corrected chi connectivity index (χ0v) is 10.9. The van der Waals surface area contributed by atoms with E-state index in [0.29, 0.717) is 16.8 Å². The average molecular weight is 266 g/mol. The number of hydrogen-bond acceptors (Lipinski definition) is 4. The maximum atomic E-state index is 11.8. The molecule has 0 aliphatic rings. The van der Waals surface area contributed by atoms with E-state index < -0.39 is 0 Å². The van der Waals surface area contributed by atoms with Crippen molar-refractivity contribution < 1.29 is 9.53 Å². The molecule has 0 unspecified atom stereocenters. The molecule has 0 aromatic heterocycles. The number of nitrogen functional groups attached to an aromatic ring is 1. The lowest BCUT2D eigenvalue weighted by Gasteiger charge is -2.07. The first kappa shape index (κ1) is 13.6. The van der Waals surface area contributed by atoms with E-state index in [-0.39, 0.29) is 19.0 Å². The Bertz CT molecular complexity index is 660. The molecule has 0 bridgehead atoms. The lowest BCUT2D eigenvalue weighted by Crippen LogP contribution is -2.10. The number of nitriles is 1. The summed E-state index contributed by atoms with van der Waals surface area (Å²) in [6.45, 7) is 0.0926. The minimum atomic E-state index is -0.365. The zero-order valence-electron chi connectivity index (χ0n) is 10.9. The largest absolute Gasteiger partial charge is 0.461 e. The standard InChI is InChI=1S/C16H14N2O2/c17-10-13-6-1-2-7-14(13)11-20-16(19)9-12-5-3-4-8-15(12)18/h1-8H,9,11,18H2. The summed E-state index contributed by atoms with van der Waals surface area (Å²) in [6.07, 6.45) is 0.126. The van der Waals surface area contributed by atoms with Gasteiger partial charge in [0.25, 0.3) is 0 Å². The van der Waals surface area contributed by atoms with Crippen molar-refractivity contribution in [2.45, 2.75) is 13.0 Å². The van der Waals surface area contributed by atoms with Gasteiger partial charge in [-0.15, -0.1) is 0 Å². The molecule has 0 aliphatic heterocycles. The molecular formula is C16H14N2O2. The van der Waals surface area contributed by atoms with Crippen LogP contribution in [0.25, 0.3) is 0 Å². The van der Waals surface area contributed by atoms with Gasteiger partial charge < -0.3 is 10.5 Å². The van der Waals surface area contributed by atoms with Crippen LogP contribution in [0.5, 0.6) is 0 Å². The van der Waals surface area contributed by atoms with Gasteiger partial charge in [-0.1, -0.05) is 36.4 Å². The number of carbonyl (C=O) groups excluding carboxylic acids is 1. The van der Waals surface area contributed by atoms with Gasteiger partial charge in [-0.25, -0.2) is 0 Å². The van der Waals surface area contributed by atoms with Crippen LogP contribution in [-0.4, -0.2) is 5.97 Å². The molecule has 0 amide bonds. The molecule has 2 aromatic rings. The lowest BCUT2D eigenvalue weighted by atomic mass is 10.1. The van der Waals surface area contributed by atoms with Gasteiger partial charge in [0.2, 0.25) is 0 Å². The SMILES string of the molecule is N#Cc1ccccc1COC(=O)Cc1ccccc1N. The van der Waals surface area contributed by atoms with Gasteiger partial charge in [-0.2, -0.15) is 5.26 Å². The first-order chi connectivity index (χ1) is 9.70. The molecule has 2 rings (SSSR count). The number of para-hydroxylation sites is 1. The molecule has 20 heavy (non-hydrogen) atoms. The second-order valence-corrected chi connectivity index (χ2v) is 4.31. The quantitative estimate of drug-likeness (QED) is 0.681. The van der Waals surface area contributed by atoms with E-state index in [9.17, 15) is 4.79 Å². The van der Waals surface area contributed by atoms with Crippen molar-refractivity contribution in [1.82, 2.24) is 0 Å². The predicted octanol–water partition coefficient (Wildman–Crippen LogP) is 2.43. The van der Waals surface area contributed by atoms with Crippen molar-refractivity contribution in [3.05, 3.63) is 65.2 Å². The van der Waals surface area contributed by atoms with Gasteiger partial charge in [0.15, 0.2) is 0 Å². The van der Waals surface area contributed by atoms with Gasteiger partial charge in [-0.05, 0) is 17.7 Å². The molecule has 4 nitrogen and oxygen atoms in total. The van der Waals surface area contributed by atoms with Crippen molar-refractivity contribution in [3.63, 3.8) is 0 Å². The topological polar surface area (TPSA) is 76.1 Å². The first-order valence-electron chi connectivity index (χ1n) is 6.17. The van der Waals surface area contributed by atoms with Crippen LogP contribution < -0.4 is 5.73 Å². The van der Waals surface area contributed by atoms with E-state index in [1.54, 1.807) is 36.4 Å². The molecule has 2 aromatic carbocycles. The van der Waals surface area contributed by atoms with Crippen molar-refractivity contribution in [2.75, 3.05) is 5.73 Å². The van der Waals surface area contributed by atoms with E-state index in [1.165, 1.54) is 0 Å². The Morgan fingerprint density at radius 3 is 2.45 bits per heavy atom. The number of carbonyl (C=O) groups is 1. The van der Waals surface area contributed by atoms with E-state index >= 15 is 0 Å². The van der Waals surface area contributed by atoms with Gasteiger partial charge >= 0.3 is 5.97 Å². The highest BCUT2D eigenvalue weighted by atomic mass is 16.5. The molecule has 0 saturated heterocycles. The van der Waals surface area contributed by atoms with Crippen LogP contribution in [0.3, 0.4) is 0 Å². The minimum Gasteiger partial charge on any atom is -0.461 e. The summed E-state index contributed by atoms with van der Waals surface area (Å²) in [5.41, 5.74) is 8.30. The second-order valence-electron chi connectivity index (χ2n) is 4.31. The molecule has 100 valence electrons. The Hall–Kier alpha value is -2.80. The monoisotopic (exact) mass is 266 g/mol. The van der Waals surface area contributed by atoms with Crippen LogP contribution in [0, 0.1) is 11.3 Å². The molecule has 0 radical (unpaired) electrons. The van der Waals surface area contributed by atoms with Crippen molar-refractivity contribution in [3.8, 4) is 6.07 Å². The Balaban J connectivity index is 1.96. The number of hydrogen-bond donors (Lipinski definition) is 1. The van der Waals surface area contributed by atoms with E-state index in [4.69, 9.17) is 15.7 Å². The van der Waals surface area contributed by atoms with E-state index in [0.717, 1.165) is 5.56 Å². The fraction of sp³-hybridized carbons (Fsp3) is 0.125. The molecular weight excluding hydrogens is 252 g/mol. The summed E-state index contributed by atoms with van der Waals surface area (Å²) in [5, 5.41) is 8.95. The van der Waals surface area contributed by atoms with Gasteiger partial charge in [0, 0.05) is 11.3 Å². The third kappa shape index (κ3) is 3.36. The summed E-state index contributed by atoms with van der Waals surface area (Å²) in [7, 11) is 0. The number of nitrogens with zero attached hydrogens (tertiary/aromatic N) is 1. The number of anilines is 1. The maximum Gasteiger partial charge on any atom is 0.310 e. The highest BCUT2D eigenvalue weighted by Gasteiger charge is 2.09. The number of rotatable bonds is 4. The Kier molecular flexibility index (Phi) is 4.35. The van der Waals surface area contributed by atoms with Gasteiger partial charge in [-0.3, -0.25) is 4.79 Å². The number of ether oxygens (including phenoxy) is 1. The summed E-state index contributed by atoms with van der Waals surface area (Å²) in [5.74, 6) is -0.365. The van der Waals surface area contributed by atoms with E-state index in [2.05, 4.69) is 6.07 Å². The molecule has 4 heteroatoms. The van der Waals surface area contributed by atoms with E-state index in [1.807, 2.05) is 12.1 Å². The highest BCUT2D eigenvalue weighted by Crippen LogP contribution is 2.13. The fourth-order valence-corrected chi connectivity index (χ4v) is 1.82. The molecule has 0 heterocycles. The normalized spacial score (nSPS) is 9.75. The lowest BCUT2D eigenvalue weighted by molar-refractivity contribution is -0.144. The van der Waals surface area contributed by atoms with Crippen molar-refractivity contribution >= 4 is 11.7 Å². The highest BCUT2D eigenvalue weighted by molar-refractivity contribution is 5.74. The Morgan fingerprint density at radius 1 is 1.10 bits per heavy atom. The summed E-state index contributed by atoms with van der Waals surface area (Å²) < 4.78 is 5.18. The van der Waals surface area contributed by atoms with Crippen LogP contribution in [-0.2, 0) is 22.6 Å². The molecule has 0 saturated carbocycles. The van der Waals surface area contributed by atoms with Crippen LogP contribution in [0.15, 0.2) is 48.5 Å². The predicted molar refractivity (Wildman–Crippen MR) is 75.5 cm³/mol. The summed E-state index contributed by atoms with van der Waals surface area (Å²) >= 11 is 0. The molecule has 0 fully saturated rings. The van der Waals surface area contributed by atoms with Crippen LogP contribution in [0.1, 0.15) is 16.7 Å². The first-order valence-corrected chi connectivity index (χ1v) is 6.17. The Labute approximate surface area is 117 Å². The number of benzene rings is 2. The van der Waals surface area contributed by atoms with Crippen LogP contribution in [0.2, 0.25) is 0 Å². The van der Waals surface area contributed by atoms with Crippen LogP contribution >= 0.6 is 0 Å². The van der Waals surface area contributed by atoms with Gasteiger partial charge in [0.05, 0.1) is 18.1 Å².